The molecule has 1 aliphatic carbocycles. The second-order valence-corrected chi connectivity index (χ2v) is 10.4. The first-order chi connectivity index (χ1) is 16.7. The van der Waals surface area contributed by atoms with Crippen LogP contribution in [-0.4, -0.2) is 62.7 Å². The standard InChI is InChI=1S/C26H33N7O2/c1-16-15-21(32-11-13-33(14-12-32)25(34)35-26(3,4)5)29-23(27-16)31-24-28-17(2)19-10-9-18-7-6-8-20(18)22(19)30-24/h9-10,15H,6-8,11-14H2,1-5H3,(H,27,28,29,30,31). The minimum absolute atomic E-state index is 0.270. The number of piperazine rings is 1. The number of aryl methyl sites for hydroxylation is 4. The summed E-state index contributed by atoms with van der Waals surface area (Å²) in [7, 11) is 0. The quantitative estimate of drug-likeness (QED) is 0.598. The minimum Gasteiger partial charge on any atom is -0.444 e. The van der Waals surface area contributed by atoms with Gasteiger partial charge in [-0.1, -0.05) is 12.1 Å². The summed E-state index contributed by atoms with van der Waals surface area (Å²) in [6.45, 7) is 12.1. The monoisotopic (exact) mass is 475 g/mol. The topological polar surface area (TPSA) is 96.4 Å². The number of aromatic nitrogens is 4. The van der Waals surface area contributed by atoms with Gasteiger partial charge in [-0.15, -0.1) is 0 Å². The van der Waals surface area contributed by atoms with Gasteiger partial charge in [0.05, 0.1) is 11.2 Å². The van der Waals surface area contributed by atoms with E-state index >= 15 is 0 Å². The van der Waals surface area contributed by atoms with Crippen molar-refractivity contribution >= 4 is 34.7 Å². The third kappa shape index (κ3) is 4.99. The predicted molar refractivity (Wildman–Crippen MR) is 136 cm³/mol. The van der Waals surface area contributed by atoms with Crippen molar-refractivity contribution in [2.24, 2.45) is 0 Å². The fourth-order valence-corrected chi connectivity index (χ4v) is 4.79. The number of ether oxygens (including phenoxy) is 1. The number of carbonyl (C=O) groups is 1. The van der Waals surface area contributed by atoms with E-state index in [0.29, 0.717) is 38.1 Å². The molecule has 0 unspecified atom stereocenters. The number of benzene rings is 1. The van der Waals surface area contributed by atoms with Gasteiger partial charge in [-0.3, -0.25) is 5.32 Å². The molecule has 1 aromatic carbocycles. The molecule has 5 rings (SSSR count). The third-order valence-corrected chi connectivity index (χ3v) is 6.45. The van der Waals surface area contributed by atoms with Crippen LogP contribution in [0.1, 0.15) is 49.7 Å². The Morgan fingerprint density at radius 3 is 2.46 bits per heavy atom. The molecule has 184 valence electrons. The molecule has 0 atom stereocenters. The van der Waals surface area contributed by atoms with Gasteiger partial charge >= 0.3 is 6.09 Å². The lowest BCUT2D eigenvalue weighted by Crippen LogP contribution is -2.50. The van der Waals surface area contributed by atoms with Crippen molar-refractivity contribution in [1.82, 2.24) is 24.8 Å². The zero-order valence-electron chi connectivity index (χ0n) is 21.2. The van der Waals surface area contributed by atoms with Crippen LogP contribution in [0.15, 0.2) is 18.2 Å². The van der Waals surface area contributed by atoms with E-state index in [1.54, 1.807) is 4.90 Å². The molecule has 9 nitrogen and oxygen atoms in total. The Labute approximate surface area is 205 Å². The Bertz CT molecular complexity index is 1280. The molecule has 1 aliphatic heterocycles. The van der Waals surface area contributed by atoms with Gasteiger partial charge in [-0.05, 0) is 65.0 Å². The summed E-state index contributed by atoms with van der Waals surface area (Å²) in [4.78, 5) is 35.2. The van der Waals surface area contributed by atoms with E-state index < -0.39 is 5.60 Å². The lowest BCUT2D eigenvalue weighted by atomic mass is 10.0. The van der Waals surface area contributed by atoms with E-state index in [9.17, 15) is 4.79 Å². The van der Waals surface area contributed by atoms with Gasteiger partial charge in [-0.25, -0.2) is 19.7 Å². The molecule has 0 bridgehead atoms. The Balaban J connectivity index is 1.33. The largest absolute Gasteiger partial charge is 0.444 e. The Morgan fingerprint density at radius 1 is 0.971 bits per heavy atom. The van der Waals surface area contributed by atoms with Gasteiger partial charge in [0.25, 0.3) is 0 Å². The first-order valence-corrected chi connectivity index (χ1v) is 12.3. The van der Waals surface area contributed by atoms with E-state index in [4.69, 9.17) is 14.7 Å². The fourth-order valence-electron chi connectivity index (χ4n) is 4.79. The van der Waals surface area contributed by atoms with E-state index in [0.717, 1.165) is 41.0 Å². The summed E-state index contributed by atoms with van der Waals surface area (Å²) >= 11 is 0. The highest BCUT2D eigenvalue weighted by Gasteiger charge is 2.27. The van der Waals surface area contributed by atoms with E-state index in [1.807, 2.05) is 40.7 Å². The highest BCUT2D eigenvalue weighted by molar-refractivity contribution is 5.86. The highest BCUT2D eigenvalue weighted by atomic mass is 16.6. The maximum Gasteiger partial charge on any atom is 0.410 e. The van der Waals surface area contributed by atoms with Crippen molar-refractivity contribution in [2.75, 3.05) is 36.4 Å². The summed E-state index contributed by atoms with van der Waals surface area (Å²) in [6, 6.07) is 6.32. The minimum atomic E-state index is -0.498. The number of hydrogen-bond acceptors (Lipinski definition) is 8. The van der Waals surface area contributed by atoms with E-state index in [-0.39, 0.29) is 6.09 Å². The van der Waals surface area contributed by atoms with Crippen LogP contribution in [-0.2, 0) is 17.6 Å². The number of fused-ring (bicyclic) bond motifs is 3. The number of anilines is 3. The van der Waals surface area contributed by atoms with Crippen LogP contribution in [0, 0.1) is 13.8 Å². The number of amides is 1. The predicted octanol–water partition coefficient (Wildman–Crippen LogP) is 4.33. The van der Waals surface area contributed by atoms with Crippen LogP contribution < -0.4 is 10.2 Å². The smallest absolute Gasteiger partial charge is 0.410 e. The van der Waals surface area contributed by atoms with Crippen LogP contribution in [0.5, 0.6) is 0 Å². The Kier molecular flexibility index (Phi) is 5.94. The van der Waals surface area contributed by atoms with Gasteiger partial charge in [0.15, 0.2) is 0 Å². The lowest BCUT2D eigenvalue weighted by molar-refractivity contribution is 0.0240. The molecule has 2 aliphatic rings. The van der Waals surface area contributed by atoms with Crippen LogP contribution in [0.2, 0.25) is 0 Å². The van der Waals surface area contributed by atoms with Crippen molar-refractivity contribution in [3.63, 3.8) is 0 Å². The average Bonchev–Trinajstić information content (AvgIpc) is 3.27. The maximum absolute atomic E-state index is 12.4. The molecule has 0 spiro atoms. The van der Waals surface area contributed by atoms with Gasteiger partial charge in [0.2, 0.25) is 11.9 Å². The molecule has 3 heterocycles. The molecule has 9 heteroatoms. The van der Waals surface area contributed by atoms with E-state index in [1.165, 1.54) is 17.5 Å². The highest BCUT2D eigenvalue weighted by Crippen LogP contribution is 2.31. The Morgan fingerprint density at radius 2 is 1.71 bits per heavy atom. The van der Waals surface area contributed by atoms with Crippen LogP contribution >= 0.6 is 0 Å². The molecular weight excluding hydrogens is 442 g/mol. The molecule has 0 radical (unpaired) electrons. The molecule has 35 heavy (non-hydrogen) atoms. The van der Waals surface area contributed by atoms with Gasteiger partial charge < -0.3 is 14.5 Å². The molecule has 2 aromatic heterocycles. The lowest BCUT2D eigenvalue weighted by Gasteiger charge is -2.36. The van der Waals surface area contributed by atoms with Crippen molar-refractivity contribution in [1.29, 1.82) is 0 Å². The zero-order valence-corrected chi connectivity index (χ0v) is 21.2. The van der Waals surface area contributed by atoms with Gasteiger partial charge in [0.1, 0.15) is 11.4 Å². The van der Waals surface area contributed by atoms with Crippen molar-refractivity contribution in [3.05, 3.63) is 40.7 Å². The third-order valence-electron chi connectivity index (χ3n) is 6.45. The van der Waals surface area contributed by atoms with Crippen LogP contribution in [0.4, 0.5) is 22.5 Å². The summed E-state index contributed by atoms with van der Waals surface area (Å²) in [5, 5.41) is 4.35. The van der Waals surface area contributed by atoms with Crippen molar-refractivity contribution in [3.8, 4) is 0 Å². The molecule has 1 amide bonds. The molecule has 1 N–H and O–H groups in total. The Hall–Kier alpha value is -3.49. The van der Waals surface area contributed by atoms with Crippen molar-refractivity contribution < 1.29 is 9.53 Å². The number of nitrogens with one attached hydrogen (secondary N) is 1. The second kappa shape index (κ2) is 8.94. The number of rotatable bonds is 3. The van der Waals surface area contributed by atoms with Gasteiger partial charge in [0, 0.05) is 43.3 Å². The molecular formula is C26H33N7O2. The molecule has 1 saturated heterocycles. The first kappa shape index (κ1) is 23.3. The van der Waals surface area contributed by atoms with Gasteiger partial charge in [-0.2, -0.15) is 4.98 Å². The number of hydrogen-bond donors (Lipinski definition) is 1. The van der Waals surface area contributed by atoms with Crippen LogP contribution in [0.3, 0.4) is 0 Å². The average molecular weight is 476 g/mol. The fraction of sp³-hybridized carbons (Fsp3) is 0.500. The number of nitrogens with zero attached hydrogens (tertiary/aromatic N) is 6. The van der Waals surface area contributed by atoms with E-state index in [2.05, 4.69) is 32.3 Å². The van der Waals surface area contributed by atoms with Crippen LogP contribution in [0.25, 0.3) is 10.9 Å². The summed E-state index contributed by atoms with van der Waals surface area (Å²) < 4.78 is 5.51. The molecule has 0 saturated carbocycles. The first-order valence-electron chi connectivity index (χ1n) is 12.3. The zero-order chi connectivity index (χ0) is 24.7. The summed E-state index contributed by atoms with van der Waals surface area (Å²) in [5.74, 6) is 1.81. The summed E-state index contributed by atoms with van der Waals surface area (Å²) in [6.07, 6.45) is 3.07. The normalized spacial score (nSPS) is 15.9. The number of carbonyl (C=O) groups excluding carboxylic acids is 1. The molecule has 1 fully saturated rings. The summed E-state index contributed by atoms with van der Waals surface area (Å²) in [5.41, 5.74) is 5.05. The van der Waals surface area contributed by atoms with Crippen molar-refractivity contribution in [2.45, 2.75) is 59.5 Å². The maximum atomic E-state index is 12.4. The SMILES string of the molecule is Cc1cc(N2CCN(C(=O)OC(C)(C)C)CC2)nc(Nc2nc(C)c3ccc4c(c3n2)CCC4)n1. The second-order valence-electron chi connectivity index (χ2n) is 10.4. The molecule has 3 aromatic rings.